The van der Waals surface area contributed by atoms with Crippen LogP contribution >= 0.6 is 11.3 Å². The molecule has 0 spiro atoms. The largest absolute Gasteiger partial charge is 0.478 e. The Hall–Kier alpha value is -1.29. The summed E-state index contributed by atoms with van der Waals surface area (Å²) in [6, 6.07) is 0. The molecule has 0 bridgehead atoms. The van der Waals surface area contributed by atoms with Crippen molar-refractivity contribution in [2.24, 2.45) is 0 Å². The minimum atomic E-state index is -0.928. The Balaban J connectivity index is 2.48. The number of carboxylic acid groups (broad SMARTS) is 1. The van der Waals surface area contributed by atoms with Gasteiger partial charge in [0.05, 0.1) is 11.1 Å². The van der Waals surface area contributed by atoms with E-state index in [1.54, 1.807) is 5.38 Å². The van der Waals surface area contributed by atoms with E-state index >= 15 is 0 Å². The fourth-order valence-corrected chi connectivity index (χ4v) is 2.00. The predicted molar refractivity (Wildman–Crippen MR) is 44.8 cm³/mol. The van der Waals surface area contributed by atoms with Crippen LogP contribution in [0.4, 0.5) is 0 Å². The van der Waals surface area contributed by atoms with Crippen LogP contribution in [0.25, 0.3) is 0 Å². The molecule has 0 amide bonds. The molecule has 1 aromatic heterocycles. The summed E-state index contributed by atoms with van der Waals surface area (Å²) in [7, 11) is 0. The van der Waals surface area contributed by atoms with E-state index in [2.05, 4.69) is 0 Å². The molecule has 0 saturated carbocycles. The van der Waals surface area contributed by atoms with Crippen LogP contribution in [0.5, 0.6) is 5.75 Å². The third-order valence-electron chi connectivity index (χ3n) is 1.63. The molecule has 4 heteroatoms. The van der Waals surface area contributed by atoms with E-state index in [1.807, 2.05) is 6.08 Å². The molecular formula is C8H6O3S. The minimum absolute atomic E-state index is 0.263. The normalized spacial score (nSPS) is 13.7. The second-order valence-electron chi connectivity index (χ2n) is 2.40. The van der Waals surface area contributed by atoms with Crippen LogP contribution in [0.1, 0.15) is 15.2 Å². The molecule has 0 aliphatic carbocycles. The van der Waals surface area contributed by atoms with Crippen LogP contribution in [-0.2, 0) is 6.42 Å². The van der Waals surface area contributed by atoms with Crippen molar-refractivity contribution in [3.05, 3.63) is 28.2 Å². The monoisotopic (exact) mass is 182 g/mol. The average Bonchev–Trinajstić information content (AvgIpc) is 2.47. The molecule has 3 nitrogen and oxygen atoms in total. The van der Waals surface area contributed by atoms with Crippen molar-refractivity contribution in [3.8, 4) is 5.75 Å². The van der Waals surface area contributed by atoms with E-state index in [4.69, 9.17) is 9.84 Å². The highest BCUT2D eigenvalue weighted by Crippen LogP contribution is 2.33. The second kappa shape index (κ2) is 2.64. The van der Waals surface area contributed by atoms with Gasteiger partial charge in [0.15, 0.2) is 5.75 Å². The Bertz CT molecular complexity index is 351. The molecule has 0 atom stereocenters. The summed E-state index contributed by atoms with van der Waals surface area (Å²) in [5.41, 5.74) is 0.263. The Morgan fingerprint density at radius 2 is 2.50 bits per heavy atom. The number of allylic oxidation sites excluding steroid dienone is 1. The van der Waals surface area contributed by atoms with Gasteiger partial charge in [0, 0.05) is 11.8 Å². The molecule has 1 aliphatic heterocycles. The van der Waals surface area contributed by atoms with E-state index in [9.17, 15) is 4.79 Å². The Labute approximate surface area is 72.9 Å². The first kappa shape index (κ1) is 7.36. The summed E-state index contributed by atoms with van der Waals surface area (Å²) < 4.78 is 5.10. The predicted octanol–water partition coefficient (Wildman–Crippen LogP) is 1.89. The van der Waals surface area contributed by atoms with Gasteiger partial charge in [-0.2, -0.15) is 0 Å². The fourth-order valence-electron chi connectivity index (χ4n) is 1.08. The van der Waals surface area contributed by atoms with Gasteiger partial charge in [-0.1, -0.05) is 0 Å². The van der Waals surface area contributed by atoms with Gasteiger partial charge >= 0.3 is 5.97 Å². The quantitative estimate of drug-likeness (QED) is 0.721. The van der Waals surface area contributed by atoms with Crippen molar-refractivity contribution < 1.29 is 14.6 Å². The van der Waals surface area contributed by atoms with Crippen LogP contribution in [0.15, 0.2) is 17.7 Å². The van der Waals surface area contributed by atoms with E-state index in [1.165, 1.54) is 17.6 Å². The number of aromatic carboxylic acids is 1. The highest BCUT2D eigenvalue weighted by atomic mass is 32.1. The van der Waals surface area contributed by atoms with Crippen molar-refractivity contribution in [3.63, 3.8) is 0 Å². The zero-order valence-corrected chi connectivity index (χ0v) is 6.93. The molecule has 0 aromatic carbocycles. The zero-order chi connectivity index (χ0) is 8.55. The first-order valence-corrected chi connectivity index (χ1v) is 4.32. The molecule has 0 unspecified atom stereocenters. The molecule has 2 heterocycles. The summed E-state index contributed by atoms with van der Waals surface area (Å²) >= 11 is 1.42. The maximum atomic E-state index is 10.6. The highest BCUT2D eigenvalue weighted by molar-refractivity contribution is 7.10. The van der Waals surface area contributed by atoms with Gasteiger partial charge in [-0.3, -0.25) is 0 Å². The van der Waals surface area contributed by atoms with E-state index < -0.39 is 5.97 Å². The van der Waals surface area contributed by atoms with Crippen molar-refractivity contribution in [1.82, 2.24) is 0 Å². The van der Waals surface area contributed by atoms with Gasteiger partial charge in [-0.15, -0.1) is 11.3 Å². The minimum Gasteiger partial charge on any atom is -0.478 e. The number of fused-ring (bicyclic) bond motifs is 1. The van der Waals surface area contributed by atoms with E-state index in [-0.39, 0.29) is 5.56 Å². The molecule has 1 aromatic rings. The van der Waals surface area contributed by atoms with E-state index in [0.717, 1.165) is 11.3 Å². The lowest BCUT2D eigenvalue weighted by Crippen LogP contribution is -2.00. The van der Waals surface area contributed by atoms with Gasteiger partial charge in [0.2, 0.25) is 0 Å². The Kier molecular flexibility index (Phi) is 1.62. The third-order valence-corrected chi connectivity index (χ3v) is 2.62. The van der Waals surface area contributed by atoms with Gasteiger partial charge in [0.1, 0.15) is 5.56 Å². The SMILES string of the molecule is O=C(O)c1csc2c1OC=CC2. The molecule has 12 heavy (non-hydrogen) atoms. The summed E-state index contributed by atoms with van der Waals surface area (Å²) in [6.07, 6.45) is 4.17. The van der Waals surface area contributed by atoms with Gasteiger partial charge in [0.25, 0.3) is 0 Å². The van der Waals surface area contributed by atoms with Crippen molar-refractivity contribution in [1.29, 1.82) is 0 Å². The molecule has 1 aliphatic rings. The number of carboxylic acids is 1. The molecule has 0 saturated heterocycles. The number of thiophene rings is 1. The number of carbonyl (C=O) groups is 1. The third kappa shape index (κ3) is 1.00. The molecule has 0 radical (unpaired) electrons. The number of ether oxygens (including phenoxy) is 1. The lowest BCUT2D eigenvalue weighted by molar-refractivity contribution is 0.0694. The van der Waals surface area contributed by atoms with Crippen LogP contribution in [-0.4, -0.2) is 11.1 Å². The van der Waals surface area contributed by atoms with Crippen LogP contribution in [0.3, 0.4) is 0 Å². The van der Waals surface area contributed by atoms with Gasteiger partial charge < -0.3 is 9.84 Å². The smallest absolute Gasteiger partial charge is 0.340 e. The molecule has 2 rings (SSSR count). The average molecular weight is 182 g/mol. The van der Waals surface area contributed by atoms with Gasteiger partial charge in [-0.05, 0) is 6.08 Å². The zero-order valence-electron chi connectivity index (χ0n) is 6.11. The summed E-state index contributed by atoms with van der Waals surface area (Å²) in [5.74, 6) is -0.419. The van der Waals surface area contributed by atoms with Crippen molar-refractivity contribution >= 4 is 17.3 Å². The standard InChI is InChI=1S/C8H6O3S/c9-8(10)5-4-12-6-2-1-3-11-7(5)6/h1,3-4H,2H2,(H,9,10). The maximum Gasteiger partial charge on any atom is 0.340 e. The highest BCUT2D eigenvalue weighted by Gasteiger charge is 2.18. The summed E-state index contributed by atoms with van der Waals surface area (Å²) in [4.78, 5) is 11.6. The lowest BCUT2D eigenvalue weighted by Gasteiger charge is -2.06. The number of hydrogen-bond donors (Lipinski definition) is 1. The molecule has 62 valence electrons. The first-order valence-electron chi connectivity index (χ1n) is 3.44. The lowest BCUT2D eigenvalue weighted by atomic mass is 10.2. The fraction of sp³-hybridized carbons (Fsp3) is 0.125. The van der Waals surface area contributed by atoms with Crippen LogP contribution < -0.4 is 4.74 Å². The molecule has 0 fully saturated rings. The first-order chi connectivity index (χ1) is 5.79. The van der Waals surface area contributed by atoms with Crippen molar-refractivity contribution in [2.75, 3.05) is 0 Å². The van der Waals surface area contributed by atoms with Gasteiger partial charge in [-0.25, -0.2) is 4.79 Å². The number of rotatable bonds is 1. The van der Waals surface area contributed by atoms with Crippen LogP contribution in [0, 0.1) is 0 Å². The second-order valence-corrected chi connectivity index (χ2v) is 3.36. The van der Waals surface area contributed by atoms with Crippen LogP contribution in [0.2, 0.25) is 0 Å². The summed E-state index contributed by atoms with van der Waals surface area (Å²) in [6.45, 7) is 0. The van der Waals surface area contributed by atoms with Crippen molar-refractivity contribution in [2.45, 2.75) is 6.42 Å². The summed E-state index contributed by atoms with van der Waals surface area (Å²) in [5, 5.41) is 10.3. The van der Waals surface area contributed by atoms with E-state index in [0.29, 0.717) is 5.75 Å². The maximum absolute atomic E-state index is 10.6. The molecule has 1 N–H and O–H groups in total. The Morgan fingerprint density at radius 1 is 1.67 bits per heavy atom. The number of hydrogen-bond acceptors (Lipinski definition) is 3. The molecular weight excluding hydrogens is 176 g/mol. The Morgan fingerprint density at radius 3 is 3.25 bits per heavy atom. The topological polar surface area (TPSA) is 46.5 Å².